The van der Waals surface area contributed by atoms with Crippen LogP contribution in [0.3, 0.4) is 0 Å². The Bertz CT molecular complexity index is 862. The van der Waals surface area contributed by atoms with Gasteiger partial charge in [-0.15, -0.1) is 0 Å². The average Bonchev–Trinajstić information content (AvgIpc) is 2.69. The van der Waals surface area contributed by atoms with E-state index >= 15 is 0 Å². The second-order valence-electron chi connectivity index (χ2n) is 5.77. The molecule has 0 heterocycles. The molecule has 0 unspecified atom stereocenters. The fourth-order valence-corrected chi connectivity index (χ4v) is 2.64. The van der Waals surface area contributed by atoms with Gasteiger partial charge in [-0.1, -0.05) is 48.5 Å². The van der Waals surface area contributed by atoms with Gasteiger partial charge >= 0.3 is 0 Å². The molecular formula is C22H21NO3. The number of ether oxygens (including phenoxy) is 2. The topological polar surface area (TPSA) is 47.6 Å². The summed E-state index contributed by atoms with van der Waals surface area (Å²) in [7, 11) is 1.63. The smallest absolute Gasteiger partial charge is 0.224 e. The Hall–Kier alpha value is -3.27. The van der Waals surface area contributed by atoms with Crippen LogP contribution in [0.5, 0.6) is 17.2 Å². The Morgan fingerprint density at radius 2 is 1.50 bits per heavy atom. The van der Waals surface area contributed by atoms with Gasteiger partial charge in [0.25, 0.3) is 0 Å². The van der Waals surface area contributed by atoms with Crippen molar-refractivity contribution in [2.24, 2.45) is 0 Å². The molecule has 3 rings (SSSR count). The highest BCUT2D eigenvalue weighted by atomic mass is 16.5. The number of hydrogen-bond acceptors (Lipinski definition) is 3. The Balaban J connectivity index is 1.64. The first-order valence-electron chi connectivity index (χ1n) is 8.50. The minimum atomic E-state index is -0.0694. The summed E-state index contributed by atoms with van der Waals surface area (Å²) in [5.74, 6) is 2.07. The van der Waals surface area contributed by atoms with Crippen molar-refractivity contribution < 1.29 is 14.3 Å². The first-order valence-corrected chi connectivity index (χ1v) is 8.50. The molecular weight excluding hydrogens is 326 g/mol. The highest BCUT2D eigenvalue weighted by Crippen LogP contribution is 2.29. The van der Waals surface area contributed by atoms with Crippen molar-refractivity contribution in [1.29, 1.82) is 0 Å². The second kappa shape index (κ2) is 8.72. The number of anilines is 1. The maximum absolute atomic E-state index is 12.4. The van der Waals surface area contributed by atoms with Gasteiger partial charge in [-0.05, 0) is 42.3 Å². The molecule has 26 heavy (non-hydrogen) atoms. The normalized spacial score (nSPS) is 10.2. The van der Waals surface area contributed by atoms with E-state index in [1.165, 1.54) is 0 Å². The average molecular weight is 347 g/mol. The zero-order valence-corrected chi connectivity index (χ0v) is 14.6. The number of aryl methyl sites for hydroxylation is 1. The molecule has 0 radical (unpaired) electrons. The van der Waals surface area contributed by atoms with E-state index in [1.54, 1.807) is 7.11 Å². The van der Waals surface area contributed by atoms with E-state index in [9.17, 15) is 4.79 Å². The number of amides is 1. The van der Waals surface area contributed by atoms with Crippen LogP contribution in [0.25, 0.3) is 0 Å². The Morgan fingerprint density at radius 3 is 2.27 bits per heavy atom. The first-order chi connectivity index (χ1) is 12.8. The molecule has 0 aromatic heterocycles. The molecule has 0 atom stereocenters. The van der Waals surface area contributed by atoms with Crippen LogP contribution in [0, 0.1) is 0 Å². The van der Waals surface area contributed by atoms with E-state index in [4.69, 9.17) is 9.47 Å². The SMILES string of the molecule is COc1ccccc1CCC(=O)Nc1ccccc1Oc1ccccc1. The van der Waals surface area contributed by atoms with Crippen LogP contribution in [-0.2, 0) is 11.2 Å². The van der Waals surface area contributed by atoms with Gasteiger partial charge < -0.3 is 14.8 Å². The summed E-state index contributed by atoms with van der Waals surface area (Å²) in [6.45, 7) is 0. The fourth-order valence-electron chi connectivity index (χ4n) is 2.64. The van der Waals surface area contributed by atoms with Crippen LogP contribution in [0.15, 0.2) is 78.9 Å². The van der Waals surface area contributed by atoms with E-state index < -0.39 is 0 Å². The molecule has 1 amide bonds. The lowest BCUT2D eigenvalue weighted by Gasteiger charge is -2.12. The fraction of sp³-hybridized carbons (Fsp3) is 0.136. The quantitative estimate of drug-likeness (QED) is 0.650. The van der Waals surface area contributed by atoms with Gasteiger partial charge in [0.2, 0.25) is 5.91 Å². The highest BCUT2D eigenvalue weighted by Gasteiger charge is 2.10. The van der Waals surface area contributed by atoms with E-state index in [1.807, 2.05) is 78.9 Å². The predicted molar refractivity (Wildman–Crippen MR) is 103 cm³/mol. The van der Waals surface area contributed by atoms with Gasteiger partial charge in [0, 0.05) is 6.42 Å². The lowest BCUT2D eigenvalue weighted by Crippen LogP contribution is -2.13. The molecule has 3 aromatic carbocycles. The number of para-hydroxylation sites is 4. The third-order valence-electron chi connectivity index (χ3n) is 3.95. The molecule has 0 saturated carbocycles. The Labute approximate surface area is 153 Å². The zero-order valence-electron chi connectivity index (χ0n) is 14.6. The summed E-state index contributed by atoms with van der Waals surface area (Å²) in [5.41, 5.74) is 1.67. The van der Waals surface area contributed by atoms with E-state index in [0.29, 0.717) is 24.3 Å². The van der Waals surface area contributed by atoms with E-state index in [2.05, 4.69) is 5.32 Å². The van der Waals surface area contributed by atoms with Crippen molar-refractivity contribution >= 4 is 11.6 Å². The van der Waals surface area contributed by atoms with Crippen molar-refractivity contribution in [2.45, 2.75) is 12.8 Å². The molecule has 4 nitrogen and oxygen atoms in total. The van der Waals surface area contributed by atoms with Gasteiger partial charge in [-0.3, -0.25) is 4.79 Å². The molecule has 0 aliphatic heterocycles. The van der Waals surface area contributed by atoms with Crippen LogP contribution in [-0.4, -0.2) is 13.0 Å². The molecule has 0 spiro atoms. The maximum Gasteiger partial charge on any atom is 0.224 e. The molecule has 0 aliphatic carbocycles. The second-order valence-corrected chi connectivity index (χ2v) is 5.77. The Morgan fingerprint density at radius 1 is 0.846 bits per heavy atom. The van der Waals surface area contributed by atoms with Gasteiger partial charge in [-0.2, -0.15) is 0 Å². The van der Waals surface area contributed by atoms with E-state index in [-0.39, 0.29) is 5.91 Å². The summed E-state index contributed by atoms with van der Waals surface area (Å²) in [5, 5.41) is 2.93. The minimum Gasteiger partial charge on any atom is -0.496 e. The number of benzene rings is 3. The summed E-state index contributed by atoms with van der Waals surface area (Å²) >= 11 is 0. The van der Waals surface area contributed by atoms with Gasteiger partial charge in [-0.25, -0.2) is 0 Å². The molecule has 0 saturated heterocycles. The number of nitrogens with one attached hydrogen (secondary N) is 1. The van der Waals surface area contributed by atoms with Crippen molar-refractivity contribution in [3.8, 4) is 17.2 Å². The molecule has 0 aliphatic rings. The molecule has 1 N–H and O–H groups in total. The largest absolute Gasteiger partial charge is 0.496 e. The van der Waals surface area contributed by atoms with Gasteiger partial charge in [0.1, 0.15) is 11.5 Å². The van der Waals surface area contributed by atoms with Crippen LogP contribution in [0.4, 0.5) is 5.69 Å². The lowest BCUT2D eigenvalue weighted by molar-refractivity contribution is -0.116. The van der Waals surface area contributed by atoms with Crippen LogP contribution >= 0.6 is 0 Å². The van der Waals surface area contributed by atoms with Crippen LogP contribution in [0.1, 0.15) is 12.0 Å². The predicted octanol–water partition coefficient (Wildman–Crippen LogP) is 5.06. The summed E-state index contributed by atoms with van der Waals surface area (Å²) in [4.78, 5) is 12.4. The summed E-state index contributed by atoms with van der Waals surface area (Å²) in [6.07, 6.45) is 0.970. The van der Waals surface area contributed by atoms with Crippen LogP contribution < -0.4 is 14.8 Å². The van der Waals surface area contributed by atoms with Crippen molar-refractivity contribution in [3.05, 3.63) is 84.4 Å². The monoisotopic (exact) mass is 347 g/mol. The van der Waals surface area contributed by atoms with Crippen molar-refractivity contribution in [3.63, 3.8) is 0 Å². The Kier molecular flexibility index (Phi) is 5.88. The zero-order chi connectivity index (χ0) is 18.2. The van der Waals surface area contributed by atoms with E-state index in [0.717, 1.165) is 17.1 Å². The molecule has 0 fully saturated rings. The summed E-state index contributed by atoms with van der Waals surface area (Å²) < 4.78 is 11.2. The van der Waals surface area contributed by atoms with Crippen molar-refractivity contribution in [1.82, 2.24) is 0 Å². The minimum absolute atomic E-state index is 0.0694. The maximum atomic E-state index is 12.4. The molecule has 3 aromatic rings. The molecule has 132 valence electrons. The number of carbonyl (C=O) groups is 1. The highest BCUT2D eigenvalue weighted by molar-refractivity contribution is 5.92. The van der Waals surface area contributed by atoms with Gasteiger partial charge in [0.05, 0.1) is 12.8 Å². The number of methoxy groups -OCH3 is 1. The van der Waals surface area contributed by atoms with Crippen LogP contribution in [0.2, 0.25) is 0 Å². The first kappa shape index (κ1) is 17.5. The third-order valence-corrected chi connectivity index (χ3v) is 3.95. The summed E-state index contributed by atoms with van der Waals surface area (Å²) in [6, 6.07) is 24.6. The molecule has 4 heteroatoms. The lowest BCUT2D eigenvalue weighted by atomic mass is 10.1. The molecule has 0 bridgehead atoms. The third kappa shape index (κ3) is 4.63. The van der Waals surface area contributed by atoms with Gasteiger partial charge in [0.15, 0.2) is 5.75 Å². The number of carbonyl (C=O) groups excluding carboxylic acids is 1. The number of rotatable bonds is 7. The standard InChI is InChI=1S/C22H21NO3/c1-25-20-13-7-5-9-17(20)15-16-22(24)23-19-12-6-8-14-21(19)26-18-10-3-2-4-11-18/h2-14H,15-16H2,1H3,(H,23,24). The van der Waals surface area contributed by atoms with Crippen molar-refractivity contribution in [2.75, 3.05) is 12.4 Å². The number of hydrogen-bond donors (Lipinski definition) is 1.